The van der Waals surface area contributed by atoms with Gasteiger partial charge >= 0.3 is 31.9 Å². The van der Waals surface area contributed by atoms with Gasteiger partial charge in [0.25, 0.3) is 0 Å². The summed E-state index contributed by atoms with van der Waals surface area (Å²) in [6.07, 6.45) is 5.92. The van der Waals surface area contributed by atoms with Gasteiger partial charge in [-0.3, -0.25) is 4.79 Å². The molecule has 2 amide bonds. The van der Waals surface area contributed by atoms with E-state index in [1.54, 1.807) is 19.2 Å². The Labute approximate surface area is 337 Å². The molecule has 2 aliphatic heterocycles. The molecule has 1 fully saturated rings. The standard InChI is InChI=1S/C18H21NO3.C12H24N2O4.C9H8O4.H3O4P/c1-19-8-7-18-11-4-5-13(20)17(18)22-16-14(21-2)6-3-10(15(16)18)9-12(11)19;1-5-6-12(4,7-17-10(13)15)8-18-11(16)14-9(2)3;1-6(10)13-8-5-3-2-4-7(8)9(11)12;1-5(2,3)4/h3-6,11-13,17,20H,7-9H2,1-2H3;9H,5-8H2,1-4H3,(H2,13,15)(H,14,16);2-5H,1H3,(H,11,12);(H3,1,2,3,4)/t11-,12+,13-,17-,18-;;;/m0.../s1. The second-order valence-corrected chi connectivity index (χ2v) is 16.1. The van der Waals surface area contributed by atoms with E-state index in [4.69, 9.17) is 49.0 Å². The van der Waals surface area contributed by atoms with Crippen molar-refractivity contribution in [3.63, 3.8) is 0 Å². The molecule has 2 heterocycles. The average Bonchev–Trinajstić information content (AvgIpc) is 3.48. The number of esters is 1. The molecule has 18 nitrogen and oxygen atoms in total. The van der Waals surface area contributed by atoms with E-state index in [1.807, 2.05) is 39.8 Å². The monoisotopic (exact) mass is 837 g/mol. The summed E-state index contributed by atoms with van der Waals surface area (Å²) < 4.78 is 35.3. The lowest BCUT2D eigenvalue weighted by Crippen LogP contribution is -2.64. The Morgan fingerprint density at radius 3 is 2.28 bits per heavy atom. The van der Waals surface area contributed by atoms with Crippen molar-refractivity contribution in [2.75, 3.05) is 33.9 Å². The minimum atomic E-state index is -4.64. The number of carboxylic acid groups (broad SMARTS) is 1. The maximum absolute atomic E-state index is 11.4. The number of primary amides is 1. The van der Waals surface area contributed by atoms with Crippen LogP contribution < -0.4 is 25.3 Å². The highest BCUT2D eigenvalue weighted by atomic mass is 31.2. The van der Waals surface area contributed by atoms with Crippen molar-refractivity contribution in [2.24, 2.45) is 17.1 Å². The number of hydrogen-bond acceptors (Lipinski definition) is 12. The summed E-state index contributed by atoms with van der Waals surface area (Å²) in [5.74, 6) is 0.514. The molecule has 1 spiro atoms. The molecule has 19 heteroatoms. The van der Waals surface area contributed by atoms with Crippen molar-refractivity contribution in [1.29, 1.82) is 0 Å². The van der Waals surface area contributed by atoms with Crippen LogP contribution >= 0.6 is 7.82 Å². The molecule has 2 aromatic carbocycles. The number of nitrogens with zero attached hydrogens (tertiary/aromatic N) is 1. The number of piperidine rings is 1. The van der Waals surface area contributed by atoms with E-state index in [0.717, 1.165) is 43.7 Å². The summed E-state index contributed by atoms with van der Waals surface area (Å²) in [6.45, 7) is 10.2. The predicted molar refractivity (Wildman–Crippen MR) is 210 cm³/mol. The number of nitrogens with one attached hydrogen (secondary N) is 1. The molecule has 2 aromatic rings. The van der Waals surface area contributed by atoms with Gasteiger partial charge in [-0.15, -0.1) is 0 Å². The SMILES string of the molecule is CC(=O)Oc1ccccc1C(=O)O.CCCC(C)(COC(N)=O)COC(=O)NC(C)C.COc1ccc2c3c1O[C@H]1[C@@H](O)C=C[C@H]4[C@@H](C2)N(C)CC[C@@]341.O=P(O)(O)O. The fraction of sp³-hybridized carbons (Fsp3) is 0.538. The second-order valence-electron chi connectivity index (χ2n) is 15.1. The summed E-state index contributed by atoms with van der Waals surface area (Å²) in [5, 5.41) is 21.9. The number of aliphatic hydroxyl groups excluding tert-OH is 1. The van der Waals surface area contributed by atoms with Gasteiger partial charge in [-0.05, 0) is 70.5 Å². The topological polar surface area (TPSA) is 274 Å². The second kappa shape index (κ2) is 20.3. The van der Waals surface area contributed by atoms with E-state index in [2.05, 4.69) is 34.1 Å². The van der Waals surface area contributed by atoms with Gasteiger partial charge in [0.1, 0.15) is 36.7 Å². The number of methoxy groups -OCH3 is 1. The number of likely N-dealkylation sites (tertiary alicyclic amines) is 1. The van der Waals surface area contributed by atoms with Gasteiger partial charge in [-0.25, -0.2) is 18.9 Å². The molecule has 58 heavy (non-hydrogen) atoms. The highest BCUT2D eigenvalue weighted by Crippen LogP contribution is 2.62. The summed E-state index contributed by atoms with van der Waals surface area (Å²) in [7, 11) is -0.732. The number of hydrogen-bond donors (Lipinski definition) is 7. The molecule has 2 bridgehead atoms. The smallest absolute Gasteiger partial charge is 0.466 e. The van der Waals surface area contributed by atoms with Crippen molar-refractivity contribution in [3.05, 3.63) is 65.2 Å². The molecule has 6 atom stereocenters. The number of aliphatic hydroxyl groups is 1. The van der Waals surface area contributed by atoms with Gasteiger partial charge in [0, 0.05) is 41.3 Å². The van der Waals surface area contributed by atoms with Crippen LogP contribution in [0.1, 0.15) is 75.4 Å². The third kappa shape index (κ3) is 12.4. The molecular weight excluding hydrogens is 781 g/mol. The molecule has 1 saturated heterocycles. The third-order valence-corrected chi connectivity index (χ3v) is 10.1. The Morgan fingerprint density at radius 1 is 1.07 bits per heavy atom. The Balaban J connectivity index is 0.000000227. The minimum absolute atomic E-state index is 0.0160. The fourth-order valence-electron chi connectivity index (χ4n) is 7.83. The first-order chi connectivity index (χ1) is 27.1. The normalized spacial score (nSPS) is 23.0. The van der Waals surface area contributed by atoms with Crippen LogP contribution in [0.2, 0.25) is 0 Å². The molecule has 0 radical (unpaired) electrons. The van der Waals surface area contributed by atoms with Crippen LogP contribution in [0.25, 0.3) is 0 Å². The van der Waals surface area contributed by atoms with Gasteiger partial charge in [-0.1, -0.05) is 50.6 Å². The van der Waals surface area contributed by atoms with Crippen molar-refractivity contribution >= 4 is 31.9 Å². The number of alkyl carbamates (subject to hydrolysis) is 1. The van der Waals surface area contributed by atoms with Crippen LogP contribution in [0.15, 0.2) is 48.6 Å². The first-order valence-corrected chi connectivity index (χ1v) is 20.2. The largest absolute Gasteiger partial charge is 0.493 e. The van der Waals surface area contributed by atoms with E-state index in [-0.39, 0.29) is 42.1 Å². The number of amides is 2. The quantitative estimate of drug-likeness (QED) is 0.0774. The molecule has 6 rings (SSSR count). The number of para-hydroxylation sites is 1. The Hall–Kier alpha value is -4.71. The van der Waals surface area contributed by atoms with Gasteiger partial charge in [0.15, 0.2) is 11.5 Å². The lowest BCUT2D eigenvalue weighted by molar-refractivity contribution is -0.131. The first-order valence-electron chi connectivity index (χ1n) is 18.6. The van der Waals surface area contributed by atoms with E-state index < -0.39 is 43.5 Å². The summed E-state index contributed by atoms with van der Waals surface area (Å²) in [5.41, 5.74) is 7.12. The number of benzene rings is 2. The zero-order chi connectivity index (χ0) is 43.6. The van der Waals surface area contributed by atoms with Crippen molar-refractivity contribution < 1.29 is 72.3 Å². The Kier molecular flexibility index (Phi) is 16.7. The average molecular weight is 838 g/mol. The summed E-state index contributed by atoms with van der Waals surface area (Å²) in [4.78, 5) is 67.2. The Morgan fingerprint density at radius 2 is 1.71 bits per heavy atom. The number of ether oxygens (including phenoxy) is 5. The number of carboxylic acids is 1. The van der Waals surface area contributed by atoms with E-state index >= 15 is 0 Å². The molecule has 0 aromatic heterocycles. The molecule has 2 aliphatic carbocycles. The number of phosphoric acid groups is 1. The number of nitrogens with two attached hydrogens (primary N) is 1. The third-order valence-electron chi connectivity index (χ3n) is 10.1. The van der Waals surface area contributed by atoms with Crippen LogP contribution in [0, 0.1) is 11.3 Å². The van der Waals surface area contributed by atoms with Crippen LogP contribution in [0.4, 0.5) is 9.59 Å². The number of aromatic carboxylic acids is 1. The van der Waals surface area contributed by atoms with E-state index in [1.165, 1.54) is 30.2 Å². The number of likely N-dealkylation sites (N-methyl/N-ethyl adjacent to an activating group) is 1. The summed E-state index contributed by atoms with van der Waals surface area (Å²) >= 11 is 0. The molecule has 4 aliphatic rings. The maximum atomic E-state index is 11.4. The summed E-state index contributed by atoms with van der Waals surface area (Å²) in [6, 6.07) is 10.7. The number of carbonyl (C=O) groups is 4. The van der Waals surface area contributed by atoms with Crippen LogP contribution in [-0.2, 0) is 30.7 Å². The fourth-order valence-corrected chi connectivity index (χ4v) is 7.83. The highest BCUT2D eigenvalue weighted by molar-refractivity contribution is 7.45. The van der Waals surface area contributed by atoms with Crippen LogP contribution in [-0.4, -0.2) is 112 Å². The van der Waals surface area contributed by atoms with Crippen molar-refractivity contribution in [1.82, 2.24) is 10.2 Å². The zero-order valence-corrected chi connectivity index (χ0v) is 34.6. The van der Waals surface area contributed by atoms with Crippen molar-refractivity contribution in [2.45, 2.75) is 90.0 Å². The lowest BCUT2D eigenvalue weighted by atomic mass is 9.53. The molecule has 8 N–H and O–H groups in total. The molecule has 1 unspecified atom stereocenters. The van der Waals surface area contributed by atoms with Gasteiger partial charge in [0.05, 0.1) is 7.11 Å². The van der Waals surface area contributed by atoms with E-state index in [0.29, 0.717) is 12.0 Å². The first kappa shape index (κ1) is 47.7. The number of carbonyl (C=O) groups excluding carboxylic acids is 3. The molecule has 0 saturated carbocycles. The van der Waals surface area contributed by atoms with Crippen LogP contribution in [0.5, 0.6) is 17.2 Å². The van der Waals surface area contributed by atoms with Gasteiger partial charge < -0.3 is 64.5 Å². The highest BCUT2D eigenvalue weighted by Gasteiger charge is 2.64. The Bertz CT molecular complexity index is 1840. The predicted octanol–water partition coefficient (Wildman–Crippen LogP) is 3.91. The van der Waals surface area contributed by atoms with Gasteiger partial charge in [-0.2, -0.15) is 0 Å². The zero-order valence-electron chi connectivity index (χ0n) is 33.7. The number of rotatable bonds is 10. The lowest BCUT2D eigenvalue weighted by Gasteiger charge is -2.56. The van der Waals surface area contributed by atoms with Crippen molar-refractivity contribution in [3.8, 4) is 17.2 Å². The van der Waals surface area contributed by atoms with Crippen LogP contribution in [0.3, 0.4) is 0 Å². The maximum Gasteiger partial charge on any atom is 0.466 e. The van der Waals surface area contributed by atoms with E-state index in [9.17, 15) is 24.3 Å². The molecular formula is C39H56N3O15P. The van der Waals surface area contributed by atoms with Gasteiger partial charge in [0.2, 0.25) is 0 Å². The molecule has 322 valence electrons. The minimum Gasteiger partial charge on any atom is -0.493 e.